The van der Waals surface area contributed by atoms with Crippen LogP contribution in [0.2, 0.25) is 0 Å². The maximum Gasteiger partial charge on any atom is 0.339 e. The van der Waals surface area contributed by atoms with E-state index in [4.69, 9.17) is 4.18 Å². The number of hydrogen-bond acceptors (Lipinski definition) is 4. The van der Waals surface area contributed by atoms with Crippen LogP contribution < -0.4 is 0 Å². The first kappa shape index (κ1) is 17.1. The lowest BCUT2D eigenvalue weighted by Gasteiger charge is -2.09. The molecule has 0 N–H and O–H groups in total. The number of unbranched alkanes of at least 4 members (excludes halogenated alkanes) is 3. The molecule has 1 aromatic rings. The molecular weight excluding hydrogens is 292 g/mol. The first-order chi connectivity index (χ1) is 9.49. The molecule has 0 aliphatic heterocycles. The van der Waals surface area contributed by atoms with E-state index in [1.54, 1.807) is 24.3 Å². The van der Waals surface area contributed by atoms with E-state index in [2.05, 4.69) is 6.92 Å². The zero-order valence-corrected chi connectivity index (χ0v) is 13.9. The van der Waals surface area contributed by atoms with Crippen LogP contribution in [0.15, 0.2) is 40.3 Å². The first-order valence-electron chi connectivity index (χ1n) is 6.75. The lowest BCUT2D eigenvalue weighted by Crippen LogP contribution is -2.05. The zero-order chi connectivity index (χ0) is 15.0. The second kappa shape index (κ2) is 8.37. The highest BCUT2D eigenvalue weighted by atomic mass is 32.2. The van der Waals surface area contributed by atoms with E-state index in [-0.39, 0.29) is 4.90 Å². The van der Waals surface area contributed by atoms with Crippen LogP contribution in [-0.2, 0) is 14.3 Å². The summed E-state index contributed by atoms with van der Waals surface area (Å²) in [5.41, 5.74) is 1.02. The minimum atomic E-state index is -3.72. The van der Waals surface area contributed by atoms with Crippen LogP contribution in [0.25, 0.3) is 0 Å². The summed E-state index contributed by atoms with van der Waals surface area (Å²) in [5, 5.41) is 0.446. The Labute approximate surface area is 126 Å². The largest absolute Gasteiger partial charge is 0.372 e. The van der Waals surface area contributed by atoms with Crippen molar-refractivity contribution in [2.45, 2.75) is 44.4 Å². The number of aryl methyl sites for hydroxylation is 1. The maximum absolute atomic E-state index is 12.1. The topological polar surface area (TPSA) is 43.4 Å². The molecule has 0 atom stereocenters. The second-order valence-electron chi connectivity index (χ2n) is 4.57. The summed E-state index contributed by atoms with van der Waals surface area (Å²) in [4.78, 5) is 0.191. The number of rotatable bonds is 8. The Morgan fingerprint density at radius 2 is 1.90 bits per heavy atom. The average Bonchev–Trinajstić information content (AvgIpc) is 2.42. The van der Waals surface area contributed by atoms with E-state index >= 15 is 0 Å². The number of benzene rings is 1. The SMILES string of the molecule is CCCCC/C=C(/OS(=O)(=O)c1ccc(C)cc1)SC. The quantitative estimate of drug-likeness (QED) is 0.403. The number of thioether (sulfide) groups is 1. The first-order valence-corrected chi connectivity index (χ1v) is 9.38. The molecule has 0 bridgehead atoms. The molecule has 20 heavy (non-hydrogen) atoms. The molecular formula is C15H22O3S2. The van der Waals surface area contributed by atoms with E-state index in [1.807, 2.05) is 19.3 Å². The highest BCUT2D eigenvalue weighted by molar-refractivity contribution is 8.02. The lowest BCUT2D eigenvalue weighted by atomic mass is 10.2. The summed E-state index contributed by atoms with van der Waals surface area (Å²) in [5.74, 6) is 0. The molecule has 0 aliphatic rings. The predicted molar refractivity (Wildman–Crippen MR) is 85.2 cm³/mol. The van der Waals surface area contributed by atoms with Gasteiger partial charge in [-0.2, -0.15) is 8.42 Å². The molecule has 0 aliphatic carbocycles. The third kappa shape index (κ3) is 5.59. The van der Waals surface area contributed by atoms with Crippen LogP contribution >= 0.6 is 11.8 Å². The fourth-order valence-electron chi connectivity index (χ4n) is 1.63. The van der Waals surface area contributed by atoms with Gasteiger partial charge in [0.25, 0.3) is 0 Å². The van der Waals surface area contributed by atoms with Gasteiger partial charge in [-0.1, -0.05) is 49.2 Å². The smallest absolute Gasteiger partial charge is 0.339 e. The van der Waals surface area contributed by atoms with Crippen molar-refractivity contribution in [2.24, 2.45) is 0 Å². The van der Waals surface area contributed by atoms with Gasteiger partial charge in [-0.3, -0.25) is 0 Å². The van der Waals surface area contributed by atoms with Crippen molar-refractivity contribution in [3.05, 3.63) is 41.0 Å². The fourth-order valence-corrected chi connectivity index (χ4v) is 3.30. The monoisotopic (exact) mass is 314 g/mol. The van der Waals surface area contributed by atoms with E-state index < -0.39 is 10.1 Å². The Hall–Kier alpha value is -0.940. The normalized spacial score (nSPS) is 12.4. The molecule has 0 amide bonds. The Bertz CT molecular complexity index is 531. The highest BCUT2D eigenvalue weighted by Crippen LogP contribution is 2.23. The molecule has 0 radical (unpaired) electrons. The third-order valence-corrected chi connectivity index (χ3v) is 4.83. The van der Waals surface area contributed by atoms with Gasteiger partial charge < -0.3 is 4.18 Å². The predicted octanol–water partition coefficient (Wildman–Crippen LogP) is 4.49. The molecule has 112 valence electrons. The molecule has 1 aromatic carbocycles. The van der Waals surface area contributed by atoms with Crippen LogP contribution in [0.4, 0.5) is 0 Å². The van der Waals surface area contributed by atoms with E-state index in [0.29, 0.717) is 5.09 Å². The summed E-state index contributed by atoms with van der Waals surface area (Å²) in [6, 6.07) is 6.67. The standard InChI is InChI=1S/C15H22O3S2/c1-4-5-6-7-8-15(19-3)18-20(16,17)14-11-9-13(2)10-12-14/h8-12H,4-7H2,1-3H3/b15-8-. The summed E-state index contributed by atoms with van der Waals surface area (Å²) < 4.78 is 29.4. The van der Waals surface area contributed by atoms with Crippen molar-refractivity contribution in [3.63, 3.8) is 0 Å². The van der Waals surface area contributed by atoms with Crippen LogP contribution in [-0.4, -0.2) is 14.7 Å². The van der Waals surface area contributed by atoms with E-state index in [0.717, 1.165) is 31.2 Å². The van der Waals surface area contributed by atoms with Crippen LogP contribution in [0.1, 0.15) is 38.2 Å². The van der Waals surface area contributed by atoms with Gasteiger partial charge in [0.05, 0.1) is 0 Å². The van der Waals surface area contributed by atoms with Gasteiger partial charge in [-0.05, 0) is 44.2 Å². The van der Waals surface area contributed by atoms with Gasteiger partial charge in [-0.15, -0.1) is 0 Å². The van der Waals surface area contributed by atoms with Crippen molar-refractivity contribution >= 4 is 21.9 Å². The minimum Gasteiger partial charge on any atom is -0.372 e. The molecule has 0 saturated carbocycles. The average molecular weight is 314 g/mol. The summed E-state index contributed by atoms with van der Waals surface area (Å²) >= 11 is 1.31. The van der Waals surface area contributed by atoms with Crippen molar-refractivity contribution in [1.29, 1.82) is 0 Å². The van der Waals surface area contributed by atoms with E-state index in [1.165, 1.54) is 11.8 Å². The van der Waals surface area contributed by atoms with Crippen molar-refractivity contribution in [2.75, 3.05) is 6.26 Å². The summed E-state index contributed by atoms with van der Waals surface area (Å²) in [6.45, 7) is 4.05. The van der Waals surface area contributed by atoms with Gasteiger partial charge in [0.15, 0.2) is 5.09 Å². The molecule has 0 unspecified atom stereocenters. The maximum atomic E-state index is 12.1. The Kier molecular flexibility index (Phi) is 7.16. The molecule has 0 heterocycles. The molecule has 1 rings (SSSR count). The van der Waals surface area contributed by atoms with Crippen LogP contribution in [0.3, 0.4) is 0 Å². The Morgan fingerprint density at radius 1 is 1.25 bits per heavy atom. The Balaban J connectivity index is 2.74. The molecule has 0 saturated heterocycles. The van der Waals surface area contributed by atoms with Crippen LogP contribution in [0.5, 0.6) is 0 Å². The van der Waals surface area contributed by atoms with Crippen molar-refractivity contribution < 1.29 is 12.6 Å². The van der Waals surface area contributed by atoms with Gasteiger partial charge in [0.2, 0.25) is 0 Å². The number of hydrogen-bond donors (Lipinski definition) is 0. The molecule has 0 spiro atoms. The molecule has 5 heteroatoms. The summed E-state index contributed by atoms with van der Waals surface area (Å²) in [7, 11) is -3.72. The molecule has 3 nitrogen and oxygen atoms in total. The minimum absolute atomic E-state index is 0.191. The molecule has 0 aromatic heterocycles. The van der Waals surface area contributed by atoms with Gasteiger partial charge in [0, 0.05) is 0 Å². The Morgan fingerprint density at radius 3 is 2.45 bits per heavy atom. The fraction of sp³-hybridized carbons (Fsp3) is 0.467. The summed E-state index contributed by atoms with van der Waals surface area (Å²) in [6.07, 6.45) is 7.85. The number of allylic oxidation sites excluding steroid dienone is 1. The van der Waals surface area contributed by atoms with Crippen LogP contribution in [0, 0.1) is 6.92 Å². The van der Waals surface area contributed by atoms with Gasteiger partial charge in [-0.25, -0.2) is 0 Å². The van der Waals surface area contributed by atoms with Gasteiger partial charge in [0.1, 0.15) is 4.90 Å². The zero-order valence-electron chi connectivity index (χ0n) is 12.3. The van der Waals surface area contributed by atoms with Crippen molar-refractivity contribution in [3.8, 4) is 0 Å². The lowest BCUT2D eigenvalue weighted by molar-refractivity contribution is 0.432. The third-order valence-electron chi connectivity index (χ3n) is 2.82. The highest BCUT2D eigenvalue weighted by Gasteiger charge is 2.17. The molecule has 0 fully saturated rings. The van der Waals surface area contributed by atoms with E-state index in [9.17, 15) is 8.42 Å². The van der Waals surface area contributed by atoms with Crippen molar-refractivity contribution in [1.82, 2.24) is 0 Å². The second-order valence-corrected chi connectivity index (χ2v) is 6.93. The van der Waals surface area contributed by atoms with Gasteiger partial charge >= 0.3 is 10.1 Å².